The fraction of sp³-hybridized carbons (Fsp3) is 0.588. The Morgan fingerprint density at radius 1 is 1.42 bits per heavy atom. The number of imide groups is 1. The third-order valence-electron chi connectivity index (χ3n) is 4.99. The van der Waals surface area contributed by atoms with E-state index < -0.39 is 11.6 Å². The lowest BCUT2D eigenvalue weighted by Gasteiger charge is -2.31. The molecule has 1 spiro atoms. The minimum atomic E-state index is -0.972. The second kappa shape index (κ2) is 6.55. The lowest BCUT2D eigenvalue weighted by molar-refractivity contribution is -0.135. The number of hydrogen-bond donors (Lipinski definition) is 2. The van der Waals surface area contributed by atoms with E-state index in [1.165, 1.54) is 0 Å². The number of rotatable bonds is 5. The number of aryl methyl sites for hydroxylation is 1. The van der Waals surface area contributed by atoms with E-state index in [1.54, 1.807) is 11.3 Å². The van der Waals surface area contributed by atoms with Crippen LogP contribution in [-0.4, -0.2) is 35.3 Å². The van der Waals surface area contributed by atoms with Crippen molar-refractivity contribution >= 4 is 29.2 Å². The molecular formula is C17H23N3O3S. The van der Waals surface area contributed by atoms with Crippen LogP contribution in [0.1, 0.15) is 50.0 Å². The molecular weight excluding hydrogens is 326 g/mol. The number of carbonyl (C=O) groups is 3. The summed E-state index contributed by atoms with van der Waals surface area (Å²) >= 11 is 1.62. The number of hydrogen-bond acceptors (Lipinski definition) is 4. The van der Waals surface area contributed by atoms with E-state index in [0.29, 0.717) is 6.42 Å². The normalized spacial score (nSPS) is 22.9. The molecule has 1 atom stereocenters. The van der Waals surface area contributed by atoms with Crippen molar-refractivity contribution in [2.24, 2.45) is 0 Å². The Labute approximate surface area is 145 Å². The van der Waals surface area contributed by atoms with Crippen LogP contribution >= 0.6 is 11.3 Å². The van der Waals surface area contributed by atoms with Crippen LogP contribution in [0.15, 0.2) is 11.4 Å². The summed E-state index contributed by atoms with van der Waals surface area (Å²) in [4.78, 5) is 39.8. The largest absolute Gasteiger partial charge is 0.352 e. The standard InChI is InChI=1S/C17H23N3O3S/c1-3-11(4-2)18-14(21)10-20-15(22)17(19-16(20)23)8-5-6-13-12(17)7-9-24-13/h7,9,11H,3-6,8,10H2,1-2H3,(H,18,21)(H,19,23)/t17-/m0/s1. The molecule has 3 rings (SSSR count). The highest BCUT2D eigenvalue weighted by Crippen LogP contribution is 2.41. The molecule has 4 amide bonds. The van der Waals surface area contributed by atoms with Gasteiger partial charge in [-0.2, -0.15) is 0 Å². The lowest BCUT2D eigenvalue weighted by Crippen LogP contribution is -2.47. The molecule has 1 fully saturated rings. The summed E-state index contributed by atoms with van der Waals surface area (Å²) in [6, 6.07) is 1.52. The van der Waals surface area contributed by atoms with Gasteiger partial charge >= 0.3 is 6.03 Å². The molecule has 24 heavy (non-hydrogen) atoms. The second-order valence-electron chi connectivity index (χ2n) is 6.42. The third kappa shape index (κ3) is 2.70. The van der Waals surface area contributed by atoms with Crippen molar-refractivity contribution in [3.63, 3.8) is 0 Å². The van der Waals surface area contributed by atoms with Gasteiger partial charge in [0.05, 0.1) is 0 Å². The van der Waals surface area contributed by atoms with Crippen molar-refractivity contribution < 1.29 is 14.4 Å². The number of nitrogens with one attached hydrogen (secondary N) is 2. The Morgan fingerprint density at radius 3 is 2.88 bits per heavy atom. The summed E-state index contributed by atoms with van der Waals surface area (Å²) in [6.07, 6.45) is 4.03. The number of thiophene rings is 1. The van der Waals surface area contributed by atoms with E-state index in [4.69, 9.17) is 0 Å². The third-order valence-corrected chi connectivity index (χ3v) is 5.97. The second-order valence-corrected chi connectivity index (χ2v) is 7.42. The maximum atomic E-state index is 13.0. The molecule has 7 heteroatoms. The van der Waals surface area contributed by atoms with Gasteiger partial charge in [0.15, 0.2) is 0 Å². The van der Waals surface area contributed by atoms with E-state index in [1.807, 2.05) is 25.3 Å². The van der Waals surface area contributed by atoms with Crippen LogP contribution in [0.2, 0.25) is 0 Å². The molecule has 0 bridgehead atoms. The van der Waals surface area contributed by atoms with Gasteiger partial charge in [0.25, 0.3) is 5.91 Å². The molecule has 0 unspecified atom stereocenters. The zero-order valence-electron chi connectivity index (χ0n) is 14.1. The van der Waals surface area contributed by atoms with Crippen molar-refractivity contribution in [1.82, 2.24) is 15.5 Å². The number of fused-ring (bicyclic) bond motifs is 2. The molecule has 2 N–H and O–H groups in total. The van der Waals surface area contributed by atoms with Crippen LogP contribution < -0.4 is 10.6 Å². The van der Waals surface area contributed by atoms with Crippen molar-refractivity contribution in [3.05, 3.63) is 21.9 Å². The van der Waals surface area contributed by atoms with Crippen LogP contribution in [0.4, 0.5) is 4.79 Å². The topological polar surface area (TPSA) is 78.5 Å². The Hall–Kier alpha value is -1.89. The molecule has 2 heterocycles. The van der Waals surface area contributed by atoms with Gasteiger partial charge < -0.3 is 10.6 Å². The number of urea groups is 1. The molecule has 1 aliphatic heterocycles. The SMILES string of the molecule is CCC(CC)NC(=O)CN1C(=O)N[C@]2(CCCc3sccc32)C1=O. The first-order valence-electron chi connectivity index (χ1n) is 8.52. The van der Waals surface area contributed by atoms with Crippen molar-refractivity contribution in [3.8, 4) is 0 Å². The first-order chi connectivity index (χ1) is 11.5. The fourth-order valence-electron chi connectivity index (χ4n) is 3.59. The van der Waals surface area contributed by atoms with Crippen LogP contribution in [0.25, 0.3) is 0 Å². The fourth-order valence-corrected chi connectivity index (χ4v) is 4.59. The van der Waals surface area contributed by atoms with Gasteiger partial charge in [0.1, 0.15) is 12.1 Å². The van der Waals surface area contributed by atoms with E-state index >= 15 is 0 Å². The van der Waals surface area contributed by atoms with Crippen LogP contribution in [0, 0.1) is 0 Å². The summed E-state index contributed by atoms with van der Waals surface area (Å²) in [6.45, 7) is 3.77. The predicted molar refractivity (Wildman–Crippen MR) is 91.7 cm³/mol. The number of carbonyl (C=O) groups excluding carboxylic acids is 3. The average molecular weight is 349 g/mol. The van der Waals surface area contributed by atoms with Gasteiger partial charge in [-0.05, 0) is 43.6 Å². The quantitative estimate of drug-likeness (QED) is 0.800. The summed E-state index contributed by atoms with van der Waals surface area (Å²) in [5.74, 6) is -0.586. The Bertz CT molecular complexity index is 668. The summed E-state index contributed by atoms with van der Waals surface area (Å²) in [5, 5.41) is 7.70. The summed E-state index contributed by atoms with van der Waals surface area (Å²) in [7, 11) is 0. The predicted octanol–water partition coefficient (Wildman–Crippen LogP) is 2.14. The van der Waals surface area contributed by atoms with Gasteiger partial charge in [-0.15, -0.1) is 11.3 Å². The maximum absolute atomic E-state index is 13.0. The molecule has 0 radical (unpaired) electrons. The Kier molecular flexibility index (Phi) is 4.62. The maximum Gasteiger partial charge on any atom is 0.325 e. The van der Waals surface area contributed by atoms with Gasteiger partial charge in [-0.3, -0.25) is 14.5 Å². The van der Waals surface area contributed by atoms with Gasteiger partial charge in [0.2, 0.25) is 5.91 Å². The van der Waals surface area contributed by atoms with Gasteiger partial charge in [0, 0.05) is 16.5 Å². The van der Waals surface area contributed by atoms with Crippen molar-refractivity contribution in [2.75, 3.05) is 6.54 Å². The highest BCUT2D eigenvalue weighted by molar-refractivity contribution is 7.10. The summed E-state index contributed by atoms with van der Waals surface area (Å²) < 4.78 is 0. The highest BCUT2D eigenvalue weighted by Gasteiger charge is 2.54. The molecule has 1 aromatic heterocycles. The summed E-state index contributed by atoms with van der Waals surface area (Å²) in [5.41, 5.74) is -0.0696. The Balaban J connectivity index is 1.78. The molecule has 1 aromatic rings. The molecule has 2 aliphatic rings. The van der Waals surface area contributed by atoms with Crippen molar-refractivity contribution in [2.45, 2.75) is 57.5 Å². The smallest absolute Gasteiger partial charge is 0.325 e. The molecule has 6 nitrogen and oxygen atoms in total. The number of nitrogens with zero attached hydrogens (tertiary/aromatic N) is 1. The molecule has 1 saturated heterocycles. The van der Waals surface area contributed by atoms with Crippen molar-refractivity contribution in [1.29, 1.82) is 0 Å². The molecule has 1 aliphatic carbocycles. The lowest BCUT2D eigenvalue weighted by atomic mass is 9.80. The highest BCUT2D eigenvalue weighted by atomic mass is 32.1. The molecule has 0 aromatic carbocycles. The van der Waals surface area contributed by atoms with E-state index in [0.717, 1.165) is 41.0 Å². The van der Waals surface area contributed by atoms with E-state index in [9.17, 15) is 14.4 Å². The van der Waals surface area contributed by atoms with E-state index in [2.05, 4.69) is 10.6 Å². The Morgan fingerprint density at radius 2 is 2.17 bits per heavy atom. The minimum absolute atomic E-state index is 0.0744. The number of amides is 4. The van der Waals surface area contributed by atoms with E-state index in [-0.39, 0.29) is 24.4 Å². The monoisotopic (exact) mass is 349 g/mol. The minimum Gasteiger partial charge on any atom is -0.352 e. The average Bonchev–Trinajstić information content (AvgIpc) is 3.13. The van der Waals surface area contributed by atoms with Crippen LogP contribution in [0.3, 0.4) is 0 Å². The van der Waals surface area contributed by atoms with Gasteiger partial charge in [-0.25, -0.2) is 4.79 Å². The molecule has 0 saturated carbocycles. The van der Waals surface area contributed by atoms with Gasteiger partial charge in [-0.1, -0.05) is 13.8 Å². The van der Waals surface area contributed by atoms with Crippen LogP contribution in [0.5, 0.6) is 0 Å². The van der Waals surface area contributed by atoms with Crippen LogP contribution in [-0.2, 0) is 21.5 Å². The molecule has 130 valence electrons. The zero-order valence-corrected chi connectivity index (χ0v) is 14.9. The first kappa shape index (κ1) is 17.0. The first-order valence-corrected chi connectivity index (χ1v) is 9.40. The zero-order chi connectivity index (χ0) is 17.3.